The SMILES string of the molecule is Nc1[nH]ncc1CNc1n[nH]c(=O)[nH]c1=O. The molecular formula is C7H9N7O2. The van der Waals surface area contributed by atoms with E-state index in [2.05, 4.69) is 25.7 Å². The van der Waals surface area contributed by atoms with Crippen LogP contribution in [0.2, 0.25) is 0 Å². The molecule has 0 aliphatic rings. The summed E-state index contributed by atoms with van der Waals surface area (Å²) in [5.74, 6) is 0.425. The second kappa shape index (κ2) is 3.88. The zero-order chi connectivity index (χ0) is 11.5. The summed E-state index contributed by atoms with van der Waals surface area (Å²) in [5, 5.41) is 14.6. The van der Waals surface area contributed by atoms with Crippen molar-refractivity contribution < 1.29 is 0 Å². The summed E-state index contributed by atoms with van der Waals surface area (Å²) < 4.78 is 0. The fourth-order valence-corrected chi connectivity index (χ4v) is 1.11. The smallest absolute Gasteiger partial charge is 0.342 e. The van der Waals surface area contributed by atoms with Crippen LogP contribution in [0.4, 0.5) is 11.6 Å². The van der Waals surface area contributed by atoms with Gasteiger partial charge in [-0.05, 0) is 0 Å². The van der Waals surface area contributed by atoms with E-state index in [1.807, 2.05) is 4.98 Å². The first-order chi connectivity index (χ1) is 7.66. The van der Waals surface area contributed by atoms with E-state index in [1.54, 1.807) is 0 Å². The number of nitrogens with one attached hydrogen (secondary N) is 4. The summed E-state index contributed by atoms with van der Waals surface area (Å²) in [6, 6.07) is 0. The molecule has 84 valence electrons. The van der Waals surface area contributed by atoms with Gasteiger partial charge in [0.1, 0.15) is 5.82 Å². The van der Waals surface area contributed by atoms with E-state index in [1.165, 1.54) is 6.20 Å². The number of hydrogen-bond donors (Lipinski definition) is 5. The van der Waals surface area contributed by atoms with Crippen LogP contribution in [-0.2, 0) is 6.54 Å². The maximum Gasteiger partial charge on any atom is 0.342 e. The number of nitrogens with zero attached hydrogens (tertiary/aromatic N) is 2. The van der Waals surface area contributed by atoms with Crippen molar-refractivity contribution in [2.24, 2.45) is 0 Å². The van der Waals surface area contributed by atoms with Crippen LogP contribution in [0.1, 0.15) is 5.56 Å². The molecule has 2 aromatic rings. The Morgan fingerprint density at radius 3 is 2.81 bits per heavy atom. The van der Waals surface area contributed by atoms with Gasteiger partial charge in [-0.25, -0.2) is 9.89 Å². The quantitative estimate of drug-likeness (QED) is 0.422. The highest BCUT2D eigenvalue weighted by Gasteiger charge is 2.04. The topological polar surface area (TPSA) is 145 Å². The Morgan fingerprint density at radius 1 is 1.38 bits per heavy atom. The Balaban J connectivity index is 2.14. The number of nitrogens with two attached hydrogens (primary N) is 1. The van der Waals surface area contributed by atoms with Gasteiger partial charge in [0.25, 0.3) is 5.56 Å². The van der Waals surface area contributed by atoms with Crippen LogP contribution in [0.15, 0.2) is 15.8 Å². The maximum absolute atomic E-state index is 11.2. The van der Waals surface area contributed by atoms with E-state index in [-0.39, 0.29) is 12.4 Å². The predicted molar refractivity (Wildman–Crippen MR) is 55.8 cm³/mol. The third-order valence-electron chi connectivity index (χ3n) is 1.91. The number of hydrogen-bond acceptors (Lipinski definition) is 6. The molecule has 2 aromatic heterocycles. The molecule has 2 heterocycles. The number of nitrogen functional groups attached to an aromatic ring is 1. The Bertz CT molecular complexity index is 595. The van der Waals surface area contributed by atoms with Crippen LogP contribution in [-0.4, -0.2) is 25.4 Å². The summed E-state index contributed by atoms with van der Waals surface area (Å²) >= 11 is 0. The van der Waals surface area contributed by atoms with Crippen LogP contribution in [0.25, 0.3) is 0 Å². The zero-order valence-electron chi connectivity index (χ0n) is 8.07. The standard InChI is InChI=1S/C7H9N7O2/c8-4-3(2-10-12-4)1-9-5-6(15)11-7(16)14-13-5/h2H,1H2,(H,9,13)(H3,8,10,12)(H2,11,14,15,16). The molecule has 0 spiro atoms. The number of H-pyrrole nitrogens is 3. The molecule has 0 fully saturated rings. The van der Waals surface area contributed by atoms with E-state index < -0.39 is 11.2 Å². The van der Waals surface area contributed by atoms with Crippen molar-refractivity contribution in [1.29, 1.82) is 0 Å². The normalized spacial score (nSPS) is 10.2. The van der Waals surface area contributed by atoms with E-state index in [9.17, 15) is 9.59 Å². The largest absolute Gasteiger partial charge is 0.384 e. The van der Waals surface area contributed by atoms with Gasteiger partial charge < -0.3 is 11.1 Å². The number of anilines is 2. The second-order valence-corrected chi connectivity index (χ2v) is 3.02. The van der Waals surface area contributed by atoms with Gasteiger partial charge in [-0.15, -0.1) is 5.10 Å². The number of aromatic amines is 3. The molecule has 6 N–H and O–H groups in total. The van der Waals surface area contributed by atoms with Crippen molar-refractivity contribution in [3.8, 4) is 0 Å². The van der Waals surface area contributed by atoms with Crippen LogP contribution < -0.4 is 22.3 Å². The maximum atomic E-state index is 11.2. The first-order valence-corrected chi connectivity index (χ1v) is 4.37. The monoisotopic (exact) mass is 223 g/mol. The third-order valence-corrected chi connectivity index (χ3v) is 1.91. The minimum atomic E-state index is -0.654. The van der Waals surface area contributed by atoms with Crippen LogP contribution in [0.5, 0.6) is 0 Å². The van der Waals surface area contributed by atoms with Gasteiger partial charge in [0.2, 0.25) is 5.82 Å². The molecule has 16 heavy (non-hydrogen) atoms. The molecule has 0 bridgehead atoms. The molecule has 9 nitrogen and oxygen atoms in total. The molecule has 0 amide bonds. The van der Waals surface area contributed by atoms with Gasteiger partial charge in [0.05, 0.1) is 6.20 Å². The number of rotatable bonds is 3. The van der Waals surface area contributed by atoms with Crippen LogP contribution in [0, 0.1) is 0 Å². The highest BCUT2D eigenvalue weighted by Crippen LogP contribution is 2.06. The van der Waals surface area contributed by atoms with Gasteiger partial charge >= 0.3 is 5.69 Å². The highest BCUT2D eigenvalue weighted by atomic mass is 16.2. The predicted octanol–water partition coefficient (Wildman–Crippen LogP) is -1.62. The Morgan fingerprint density at radius 2 is 2.19 bits per heavy atom. The molecule has 0 unspecified atom stereocenters. The molecular weight excluding hydrogens is 214 g/mol. The average Bonchev–Trinajstić information content (AvgIpc) is 2.63. The van der Waals surface area contributed by atoms with Crippen molar-refractivity contribution in [3.63, 3.8) is 0 Å². The van der Waals surface area contributed by atoms with Gasteiger partial charge in [0, 0.05) is 12.1 Å². The minimum absolute atomic E-state index is 0.0141. The lowest BCUT2D eigenvalue weighted by Crippen LogP contribution is -2.26. The Hall–Kier alpha value is -2.58. The summed E-state index contributed by atoms with van der Waals surface area (Å²) in [7, 11) is 0. The van der Waals surface area contributed by atoms with Gasteiger partial charge in [-0.1, -0.05) is 0 Å². The molecule has 0 saturated heterocycles. The number of aromatic nitrogens is 5. The molecule has 0 aromatic carbocycles. The Labute approximate surface area is 88.1 Å². The molecule has 0 aliphatic carbocycles. The van der Waals surface area contributed by atoms with Crippen molar-refractivity contribution in [2.45, 2.75) is 6.54 Å². The fourth-order valence-electron chi connectivity index (χ4n) is 1.11. The van der Waals surface area contributed by atoms with Gasteiger partial charge in [-0.3, -0.25) is 14.9 Å². The minimum Gasteiger partial charge on any atom is -0.384 e. The fraction of sp³-hybridized carbons (Fsp3) is 0.143. The van der Waals surface area contributed by atoms with Crippen molar-refractivity contribution in [1.82, 2.24) is 25.4 Å². The van der Waals surface area contributed by atoms with Crippen molar-refractivity contribution in [2.75, 3.05) is 11.1 Å². The summed E-state index contributed by atoms with van der Waals surface area (Å²) in [6.07, 6.45) is 1.53. The van der Waals surface area contributed by atoms with Crippen molar-refractivity contribution in [3.05, 3.63) is 32.6 Å². The average molecular weight is 223 g/mol. The van der Waals surface area contributed by atoms with Gasteiger partial charge in [-0.2, -0.15) is 5.10 Å². The molecule has 0 saturated carbocycles. The second-order valence-electron chi connectivity index (χ2n) is 3.02. The third kappa shape index (κ3) is 1.92. The lowest BCUT2D eigenvalue weighted by molar-refractivity contribution is 0.883. The summed E-state index contributed by atoms with van der Waals surface area (Å²) in [4.78, 5) is 24.0. The summed E-state index contributed by atoms with van der Waals surface area (Å²) in [6.45, 7) is 0.282. The van der Waals surface area contributed by atoms with Crippen molar-refractivity contribution >= 4 is 11.6 Å². The first-order valence-electron chi connectivity index (χ1n) is 4.37. The highest BCUT2D eigenvalue weighted by molar-refractivity contribution is 5.40. The molecule has 0 aliphatic heterocycles. The first kappa shape index (κ1) is 9.96. The Kier molecular flexibility index (Phi) is 2.42. The van der Waals surface area contributed by atoms with E-state index in [0.717, 1.165) is 0 Å². The molecule has 0 atom stereocenters. The van der Waals surface area contributed by atoms with Crippen LogP contribution in [0.3, 0.4) is 0 Å². The molecule has 0 radical (unpaired) electrons. The lowest BCUT2D eigenvalue weighted by Gasteiger charge is -2.01. The molecule has 2 rings (SSSR count). The van der Waals surface area contributed by atoms with E-state index in [0.29, 0.717) is 11.4 Å². The van der Waals surface area contributed by atoms with Gasteiger partial charge in [0.15, 0.2) is 0 Å². The van der Waals surface area contributed by atoms with E-state index >= 15 is 0 Å². The summed E-state index contributed by atoms with van der Waals surface area (Å²) in [5.41, 5.74) is 5.00. The zero-order valence-corrected chi connectivity index (χ0v) is 8.07. The molecule has 9 heteroatoms. The van der Waals surface area contributed by atoms with E-state index in [4.69, 9.17) is 5.73 Å². The van der Waals surface area contributed by atoms with Crippen LogP contribution >= 0.6 is 0 Å². The lowest BCUT2D eigenvalue weighted by atomic mass is 10.3.